The maximum atomic E-state index is 12.6. The Morgan fingerprint density at radius 1 is 1.17 bits per heavy atom. The molecule has 1 aromatic carbocycles. The quantitative estimate of drug-likeness (QED) is 0.412. The minimum Gasteiger partial charge on any atom is -0.444 e. The van der Waals surface area contributed by atoms with E-state index in [1.165, 1.54) is 0 Å². The van der Waals surface area contributed by atoms with E-state index in [2.05, 4.69) is 40.8 Å². The summed E-state index contributed by atoms with van der Waals surface area (Å²) in [6.45, 7) is 9.68. The van der Waals surface area contributed by atoms with Crippen LogP contribution in [0, 0.1) is 19.8 Å². The third kappa shape index (κ3) is 4.43. The highest BCUT2D eigenvalue weighted by Crippen LogP contribution is 2.44. The summed E-state index contributed by atoms with van der Waals surface area (Å²) >= 11 is 6.49. The molecule has 6 nitrogen and oxygen atoms in total. The standard InChI is InChI=1S/C29H33ClN4O2/c1-18-19(2)26-31-23(24(34(26)33-25(18)30)21-10-7-6-8-11-21)20-12-14-22(15-13-20)29(16-9-17-29)32-27(35)36-28(3,4)5/h6-8,10-14,22H,9,15-17H2,1-5H3,(H,32,35). The van der Waals surface area contributed by atoms with E-state index in [9.17, 15) is 4.79 Å². The van der Waals surface area contributed by atoms with Gasteiger partial charge in [-0.1, -0.05) is 60.2 Å². The van der Waals surface area contributed by atoms with Gasteiger partial charge >= 0.3 is 6.09 Å². The van der Waals surface area contributed by atoms with Crippen molar-refractivity contribution in [3.05, 3.63) is 70.5 Å². The van der Waals surface area contributed by atoms with Gasteiger partial charge in [0.25, 0.3) is 0 Å². The third-order valence-corrected chi connectivity index (χ3v) is 7.73. The number of carbonyl (C=O) groups excluding carboxylic acids is 1. The van der Waals surface area contributed by atoms with Gasteiger partial charge in [-0.3, -0.25) is 0 Å². The molecule has 188 valence electrons. The topological polar surface area (TPSA) is 68.5 Å². The number of rotatable bonds is 4. The molecule has 3 aromatic rings. The van der Waals surface area contributed by atoms with Crippen LogP contribution in [0.15, 0.2) is 48.6 Å². The summed E-state index contributed by atoms with van der Waals surface area (Å²) in [4.78, 5) is 17.6. The molecule has 5 rings (SSSR count). The summed E-state index contributed by atoms with van der Waals surface area (Å²) in [6.07, 6.45) is 10.1. The van der Waals surface area contributed by atoms with Crippen LogP contribution in [-0.2, 0) is 4.74 Å². The van der Waals surface area contributed by atoms with Gasteiger partial charge in [-0.15, -0.1) is 0 Å². The first kappa shape index (κ1) is 24.6. The Morgan fingerprint density at radius 2 is 1.89 bits per heavy atom. The summed E-state index contributed by atoms with van der Waals surface area (Å²) in [7, 11) is 0. The maximum absolute atomic E-state index is 12.6. The van der Waals surface area contributed by atoms with E-state index >= 15 is 0 Å². The second kappa shape index (κ2) is 9.07. The Bertz CT molecular complexity index is 1380. The Balaban J connectivity index is 1.49. The van der Waals surface area contributed by atoms with Crippen LogP contribution in [0.5, 0.6) is 0 Å². The van der Waals surface area contributed by atoms with Crippen LogP contribution in [0.1, 0.15) is 63.3 Å². The molecule has 7 heteroatoms. The van der Waals surface area contributed by atoms with Gasteiger partial charge in [0, 0.05) is 17.0 Å². The van der Waals surface area contributed by atoms with Gasteiger partial charge in [-0.2, -0.15) is 5.10 Å². The van der Waals surface area contributed by atoms with Crippen molar-refractivity contribution in [3.8, 4) is 11.3 Å². The summed E-state index contributed by atoms with van der Waals surface area (Å²) < 4.78 is 7.43. The van der Waals surface area contributed by atoms with E-state index in [4.69, 9.17) is 21.3 Å². The van der Waals surface area contributed by atoms with Crippen molar-refractivity contribution in [2.24, 2.45) is 5.92 Å². The van der Waals surface area contributed by atoms with Crippen molar-refractivity contribution in [2.75, 3.05) is 0 Å². The number of aromatic nitrogens is 3. The molecule has 1 amide bonds. The number of ether oxygens (including phenoxy) is 1. The Hall–Kier alpha value is -3.12. The third-order valence-electron chi connectivity index (χ3n) is 7.38. The second-order valence-corrected chi connectivity index (χ2v) is 11.3. The summed E-state index contributed by atoms with van der Waals surface area (Å²) in [5.74, 6) is 0.205. The number of benzene rings is 1. The molecular formula is C29H33ClN4O2. The predicted molar refractivity (Wildman–Crippen MR) is 144 cm³/mol. The first-order valence-electron chi connectivity index (χ1n) is 12.6. The van der Waals surface area contributed by atoms with Crippen molar-refractivity contribution >= 4 is 28.9 Å². The van der Waals surface area contributed by atoms with E-state index < -0.39 is 5.60 Å². The molecule has 2 aromatic heterocycles. The highest BCUT2D eigenvalue weighted by atomic mass is 35.5. The lowest BCUT2D eigenvalue weighted by atomic mass is 9.66. The minimum atomic E-state index is -0.519. The molecule has 1 saturated carbocycles. The van der Waals surface area contributed by atoms with Gasteiger partial charge in [0.15, 0.2) is 10.8 Å². The molecule has 0 radical (unpaired) electrons. The zero-order valence-electron chi connectivity index (χ0n) is 21.6. The van der Waals surface area contributed by atoms with Crippen LogP contribution in [0.2, 0.25) is 5.15 Å². The largest absolute Gasteiger partial charge is 0.444 e. The first-order chi connectivity index (χ1) is 17.1. The van der Waals surface area contributed by atoms with Crippen LogP contribution in [0.3, 0.4) is 0 Å². The lowest BCUT2D eigenvalue weighted by Crippen LogP contribution is -2.58. The molecule has 0 spiro atoms. The van der Waals surface area contributed by atoms with Gasteiger partial charge in [-0.05, 0) is 77.0 Å². The fraction of sp³-hybridized carbons (Fsp3) is 0.414. The van der Waals surface area contributed by atoms with Gasteiger partial charge in [0.1, 0.15) is 11.3 Å². The number of allylic oxidation sites excluding steroid dienone is 3. The number of fused-ring (bicyclic) bond motifs is 1. The number of nitrogens with zero attached hydrogens (tertiary/aromatic N) is 3. The van der Waals surface area contributed by atoms with Gasteiger partial charge in [0.05, 0.1) is 5.69 Å². The highest BCUT2D eigenvalue weighted by molar-refractivity contribution is 6.30. The molecule has 0 saturated heterocycles. The normalized spacial score (nSPS) is 19.1. The Morgan fingerprint density at radius 3 is 2.47 bits per heavy atom. The van der Waals surface area contributed by atoms with Crippen molar-refractivity contribution in [1.82, 2.24) is 19.9 Å². The number of amides is 1. The van der Waals surface area contributed by atoms with E-state index in [-0.39, 0.29) is 17.6 Å². The fourth-order valence-electron chi connectivity index (χ4n) is 5.15. The molecule has 1 N–H and O–H groups in total. The molecule has 1 unspecified atom stereocenters. The molecule has 0 aliphatic heterocycles. The van der Waals surface area contributed by atoms with Gasteiger partial charge < -0.3 is 10.1 Å². The fourth-order valence-corrected chi connectivity index (χ4v) is 5.37. The lowest BCUT2D eigenvalue weighted by molar-refractivity contribution is 0.0315. The van der Waals surface area contributed by atoms with Crippen molar-refractivity contribution in [3.63, 3.8) is 0 Å². The van der Waals surface area contributed by atoms with E-state index in [1.54, 1.807) is 0 Å². The Labute approximate surface area is 217 Å². The van der Waals surface area contributed by atoms with Crippen molar-refractivity contribution in [2.45, 2.75) is 71.4 Å². The smallest absolute Gasteiger partial charge is 0.408 e. The molecule has 36 heavy (non-hydrogen) atoms. The summed E-state index contributed by atoms with van der Waals surface area (Å²) in [5, 5.41) is 8.36. The number of halogens is 1. The number of aryl methyl sites for hydroxylation is 1. The van der Waals surface area contributed by atoms with Crippen LogP contribution in [0.25, 0.3) is 22.5 Å². The summed E-state index contributed by atoms with van der Waals surface area (Å²) in [5.41, 5.74) is 5.89. The average Bonchev–Trinajstić information content (AvgIpc) is 3.19. The zero-order chi connectivity index (χ0) is 25.7. The number of nitrogens with one attached hydrogen (secondary N) is 1. The number of hydrogen-bond acceptors (Lipinski definition) is 4. The van der Waals surface area contributed by atoms with E-state index in [0.717, 1.165) is 65.0 Å². The molecule has 2 aliphatic carbocycles. The van der Waals surface area contributed by atoms with Crippen LogP contribution in [-0.4, -0.2) is 31.8 Å². The zero-order valence-corrected chi connectivity index (χ0v) is 22.3. The monoisotopic (exact) mass is 504 g/mol. The first-order valence-corrected chi connectivity index (χ1v) is 13.0. The van der Waals surface area contributed by atoms with E-state index in [1.807, 2.05) is 57.3 Å². The predicted octanol–water partition coefficient (Wildman–Crippen LogP) is 7.07. The Kier molecular flexibility index (Phi) is 6.19. The molecule has 1 fully saturated rings. The van der Waals surface area contributed by atoms with Crippen LogP contribution >= 0.6 is 11.6 Å². The van der Waals surface area contributed by atoms with Gasteiger partial charge in [-0.25, -0.2) is 14.3 Å². The van der Waals surface area contributed by atoms with Crippen molar-refractivity contribution < 1.29 is 9.53 Å². The summed E-state index contributed by atoms with van der Waals surface area (Å²) in [6, 6.07) is 10.2. The van der Waals surface area contributed by atoms with Gasteiger partial charge in [0.2, 0.25) is 0 Å². The number of imidazole rings is 1. The SMILES string of the molecule is Cc1c(Cl)nn2c(-c3ccccc3)c(C3=CCC(C4(NC(=O)OC(C)(C)C)CCC4)C=C3)nc2c1C. The number of carbonyl (C=O) groups is 1. The number of alkyl carbamates (subject to hydrolysis) is 1. The lowest BCUT2D eigenvalue weighted by Gasteiger charge is -2.47. The van der Waals surface area contributed by atoms with Crippen LogP contribution < -0.4 is 5.32 Å². The molecule has 2 heterocycles. The minimum absolute atomic E-state index is 0.205. The second-order valence-electron chi connectivity index (χ2n) is 10.9. The molecule has 1 atom stereocenters. The van der Waals surface area contributed by atoms with Crippen LogP contribution in [0.4, 0.5) is 4.79 Å². The average molecular weight is 505 g/mol. The molecule has 2 aliphatic rings. The number of hydrogen-bond donors (Lipinski definition) is 1. The maximum Gasteiger partial charge on any atom is 0.408 e. The van der Waals surface area contributed by atoms with Crippen molar-refractivity contribution in [1.29, 1.82) is 0 Å². The molecular weight excluding hydrogens is 472 g/mol. The van der Waals surface area contributed by atoms with E-state index in [0.29, 0.717) is 5.15 Å². The highest BCUT2D eigenvalue weighted by Gasteiger charge is 2.45. The molecule has 0 bridgehead atoms.